The minimum absolute atomic E-state index is 0.400. The van der Waals surface area contributed by atoms with Gasteiger partial charge in [-0.2, -0.15) is 0 Å². The Morgan fingerprint density at radius 1 is 0.931 bits per heavy atom. The highest BCUT2D eigenvalue weighted by Crippen LogP contribution is 2.37. The van der Waals surface area contributed by atoms with Crippen molar-refractivity contribution < 1.29 is 9.84 Å². The van der Waals surface area contributed by atoms with Gasteiger partial charge < -0.3 is 15.2 Å². The standard InChI is InChI=1S/C26H29NO2/c1-3-15-29-17-20(28)13-14-27-25-16-24-21-9-5-4-8-19(21)11-12-22(24)23-10-6-7-18(2)26(23)25/h4-12,16,20,27-28H,3,13-15,17H2,1-2H3. The first kappa shape index (κ1) is 19.7. The predicted molar refractivity (Wildman–Crippen MR) is 124 cm³/mol. The van der Waals surface area contributed by atoms with Crippen molar-refractivity contribution in [1.82, 2.24) is 0 Å². The number of hydrogen-bond donors (Lipinski definition) is 2. The Kier molecular flexibility index (Phi) is 5.98. The van der Waals surface area contributed by atoms with Crippen LogP contribution in [0.5, 0.6) is 0 Å². The number of anilines is 1. The van der Waals surface area contributed by atoms with E-state index < -0.39 is 6.10 Å². The van der Waals surface area contributed by atoms with Gasteiger partial charge in [0.2, 0.25) is 0 Å². The second-order valence-electron chi connectivity index (χ2n) is 7.75. The lowest BCUT2D eigenvalue weighted by Crippen LogP contribution is -2.19. The lowest BCUT2D eigenvalue weighted by Gasteiger charge is -2.17. The van der Waals surface area contributed by atoms with Crippen molar-refractivity contribution in [2.24, 2.45) is 0 Å². The SMILES string of the molecule is CCCOCC(O)CCNc1cc2c3ccccc3ccc2c2cccc(C)c12. The molecule has 2 N–H and O–H groups in total. The third-order valence-corrected chi connectivity index (χ3v) is 5.54. The Hall–Kier alpha value is -2.62. The lowest BCUT2D eigenvalue weighted by atomic mass is 9.94. The summed E-state index contributed by atoms with van der Waals surface area (Å²) >= 11 is 0. The van der Waals surface area contributed by atoms with Crippen LogP contribution in [0.3, 0.4) is 0 Å². The van der Waals surface area contributed by atoms with Crippen LogP contribution in [0, 0.1) is 6.92 Å². The van der Waals surface area contributed by atoms with Crippen molar-refractivity contribution in [1.29, 1.82) is 0 Å². The molecule has 0 bridgehead atoms. The van der Waals surface area contributed by atoms with E-state index in [9.17, 15) is 5.11 Å². The van der Waals surface area contributed by atoms with Crippen molar-refractivity contribution >= 4 is 38.0 Å². The average Bonchev–Trinajstić information content (AvgIpc) is 2.74. The molecule has 4 rings (SSSR count). The molecule has 0 saturated heterocycles. The van der Waals surface area contributed by atoms with Gasteiger partial charge in [0.1, 0.15) is 0 Å². The maximum atomic E-state index is 10.2. The molecule has 4 aromatic rings. The fraction of sp³-hybridized carbons (Fsp3) is 0.308. The topological polar surface area (TPSA) is 41.5 Å². The molecule has 0 heterocycles. The maximum absolute atomic E-state index is 10.2. The van der Waals surface area contributed by atoms with Crippen LogP contribution in [0.25, 0.3) is 32.3 Å². The molecule has 0 amide bonds. The monoisotopic (exact) mass is 387 g/mol. The van der Waals surface area contributed by atoms with Gasteiger partial charge in [-0.25, -0.2) is 0 Å². The average molecular weight is 388 g/mol. The van der Waals surface area contributed by atoms with Crippen LogP contribution in [0.4, 0.5) is 5.69 Å². The van der Waals surface area contributed by atoms with E-state index in [2.05, 4.69) is 79.8 Å². The van der Waals surface area contributed by atoms with Crippen LogP contribution >= 0.6 is 0 Å². The van der Waals surface area contributed by atoms with E-state index in [-0.39, 0.29) is 0 Å². The zero-order chi connectivity index (χ0) is 20.2. The van der Waals surface area contributed by atoms with E-state index in [0.717, 1.165) is 12.1 Å². The maximum Gasteiger partial charge on any atom is 0.0790 e. The highest BCUT2D eigenvalue weighted by atomic mass is 16.5. The van der Waals surface area contributed by atoms with Crippen molar-refractivity contribution in [2.45, 2.75) is 32.8 Å². The number of fused-ring (bicyclic) bond motifs is 5. The molecule has 4 aromatic carbocycles. The third-order valence-electron chi connectivity index (χ3n) is 5.54. The van der Waals surface area contributed by atoms with Gasteiger partial charge >= 0.3 is 0 Å². The van der Waals surface area contributed by atoms with Crippen LogP contribution in [0.2, 0.25) is 0 Å². The minimum atomic E-state index is -0.442. The molecule has 0 saturated carbocycles. The molecule has 0 radical (unpaired) electrons. The van der Waals surface area contributed by atoms with Crippen LogP contribution in [0.15, 0.2) is 60.7 Å². The quantitative estimate of drug-likeness (QED) is 0.286. The number of benzene rings is 4. The normalized spacial score (nSPS) is 12.7. The zero-order valence-corrected chi connectivity index (χ0v) is 17.2. The molecular weight excluding hydrogens is 358 g/mol. The molecule has 1 unspecified atom stereocenters. The van der Waals surface area contributed by atoms with E-state index in [4.69, 9.17) is 4.74 Å². The molecule has 0 fully saturated rings. The first-order chi connectivity index (χ1) is 14.2. The van der Waals surface area contributed by atoms with E-state index in [1.807, 2.05) is 0 Å². The third kappa shape index (κ3) is 4.07. The van der Waals surface area contributed by atoms with Gasteiger partial charge in [0.25, 0.3) is 0 Å². The van der Waals surface area contributed by atoms with Gasteiger partial charge in [0.15, 0.2) is 0 Å². The summed E-state index contributed by atoms with van der Waals surface area (Å²) in [5.74, 6) is 0. The predicted octanol–water partition coefficient (Wildman–Crippen LogP) is 6.04. The molecule has 0 aromatic heterocycles. The smallest absolute Gasteiger partial charge is 0.0790 e. The van der Waals surface area contributed by atoms with Crippen molar-refractivity contribution in [3.8, 4) is 0 Å². The second-order valence-corrected chi connectivity index (χ2v) is 7.75. The molecule has 0 aliphatic heterocycles. The van der Waals surface area contributed by atoms with Crippen LogP contribution in [-0.2, 0) is 4.74 Å². The summed E-state index contributed by atoms with van der Waals surface area (Å²) < 4.78 is 5.46. The zero-order valence-electron chi connectivity index (χ0n) is 17.2. The first-order valence-corrected chi connectivity index (χ1v) is 10.5. The van der Waals surface area contributed by atoms with E-state index in [1.54, 1.807) is 0 Å². The van der Waals surface area contributed by atoms with Gasteiger partial charge in [-0.1, -0.05) is 61.5 Å². The van der Waals surface area contributed by atoms with E-state index >= 15 is 0 Å². The number of ether oxygens (including phenoxy) is 1. The number of nitrogens with one attached hydrogen (secondary N) is 1. The summed E-state index contributed by atoms with van der Waals surface area (Å²) in [6.07, 6.45) is 1.19. The summed E-state index contributed by atoms with van der Waals surface area (Å²) in [5.41, 5.74) is 2.38. The number of aliphatic hydroxyl groups excluding tert-OH is 1. The van der Waals surface area contributed by atoms with Gasteiger partial charge in [-0.15, -0.1) is 0 Å². The van der Waals surface area contributed by atoms with Crippen LogP contribution < -0.4 is 5.32 Å². The van der Waals surface area contributed by atoms with E-state index in [1.165, 1.54) is 37.9 Å². The van der Waals surface area contributed by atoms with Gasteiger partial charge in [0, 0.05) is 24.2 Å². The highest BCUT2D eigenvalue weighted by molar-refractivity contribution is 6.21. The number of aryl methyl sites for hydroxylation is 1. The van der Waals surface area contributed by atoms with Crippen LogP contribution in [0.1, 0.15) is 25.3 Å². The minimum Gasteiger partial charge on any atom is -0.391 e. The largest absolute Gasteiger partial charge is 0.391 e. The summed E-state index contributed by atoms with van der Waals surface area (Å²) in [6.45, 7) is 6.04. The molecule has 0 aliphatic carbocycles. The first-order valence-electron chi connectivity index (χ1n) is 10.5. The number of hydrogen-bond acceptors (Lipinski definition) is 3. The fourth-order valence-corrected chi connectivity index (χ4v) is 4.11. The summed E-state index contributed by atoms with van der Waals surface area (Å²) in [4.78, 5) is 0. The second kappa shape index (κ2) is 8.81. The van der Waals surface area contributed by atoms with Crippen molar-refractivity contribution in [3.63, 3.8) is 0 Å². The molecular formula is C26H29NO2. The Bertz CT molecular complexity index is 1140. The lowest BCUT2D eigenvalue weighted by molar-refractivity contribution is 0.0346. The summed E-state index contributed by atoms with van der Waals surface area (Å²) in [6, 6.07) is 21.7. The molecule has 3 nitrogen and oxygen atoms in total. The molecule has 29 heavy (non-hydrogen) atoms. The van der Waals surface area contributed by atoms with Crippen LogP contribution in [-0.4, -0.2) is 31.0 Å². The molecule has 0 aliphatic rings. The van der Waals surface area contributed by atoms with Gasteiger partial charge in [-0.05, 0) is 58.3 Å². The fourth-order valence-electron chi connectivity index (χ4n) is 4.11. The molecule has 1 atom stereocenters. The van der Waals surface area contributed by atoms with Gasteiger partial charge in [0.05, 0.1) is 12.7 Å². The Morgan fingerprint density at radius 3 is 2.62 bits per heavy atom. The van der Waals surface area contributed by atoms with Gasteiger partial charge in [-0.3, -0.25) is 0 Å². The number of aliphatic hydroxyl groups is 1. The molecule has 0 spiro atoms. The Morgan fingerprint density at radius 2 is 1.76 bits per heavy atom. The highest BCUT2D eigenvalue weighted by Gasteiger charge is 2.11. The van der Waals surface area contributed by atoms with E-state index in [0.29, 0.717) is 26.2 Å². The molecule has 150 valence electrons. The Labute approximate surface area is 172 Å². The van der Waals surface area contributed by atoms with Crippen molar-refractivity contribution in [2.75, 3.05) is 25.1 Å². The Balaban J connectivity index is 1.71. The summed E-state index contributed by atoms with van der Waals surface area (Å²) in [5, 5.41) is 21.3. The summed E-state index contributed by atoms with van der Waals surface area (Å²) in [7, 11) is 0. The molecule has 3 heteroatoms. The van der Waals surface area contributed by atoms with Crippen molar-refractivity contribution in [3.05, 3.63) is 66.2 Å². The number of rotatable bonds is 8.